The van der Waals surface area contributed by atoms with Gasteiger partial charge < -0.3 is 0 Å². The van der Waals surface area contributed by atoms with Crippen molar-refractivity contribution in [2.24, 2.45) is 0 Å². The maximum absolute atomic E-state index is 12.3. The Morgan fingerprint density at radius 2 is 1.87 bits per heavy atom. The number of aromatic nitrogens is 1. The number of hydrogen-bond donors (Lipinski definition) is 0. The topological polar surface area (TPSA) is 12.9 Å². The zero-order valence-corrected chi connectivity index (χ0v) is 10.5. The molecule has 0 spiro atoms. The quantitative estimate of drug-likeness (QED) is 0.386. The lowest BCUT2D eigenvalue weighted by molar-refractivity contribution is -0.141. The van der Waals surface area contributed by atoms with Gasteiger partial charge in [-0.1, -0.05) is 0 Å². The lowest BCUT2D eigenvalue weighted by atomic mass is 10.2. The standard InChI is InChI=1S/C7H2BrF5IN/c8-4-2(5(9)10)1-3(7(11,12)13)15-6(4)14/h1,5H. The summed E-state index contributed by atoms with van der Waals surface area (Å²) in [6.07, 6.45) is -7.69. The van der Waals surface area contributed by atoms with Gasteiger partial charge in [0.2, 0.25) is 0 Å². The van der Waals surface area contributed by atoms with Crippen LogP contribution in [0.25, 0.3) is 0 Å². The Kier molecular flexibility index (Phi) is 3.90. The molecule has 1 aromatic rings. The molecule has 0 aliphatic carbocycles. The molecule has 0 atom stereocenters. The van der Waals surface area contributed by atoms with Crippen molar-refractivity contribution in [1.82, 2.24) is 4.98 Å². The van der Waals surface area contributed by atoms with E-state index in [0.29, 0.717) is 6.07 Å². The minimum Gasteiger partial charge on any atom is -0.236 e. The Hall–Kier alpha value is 0.01000. The van der Waals surface area contributed by atoms with Gasteiger partial charge in [-0.05, 0) is 44.6 Å². The molecule has 0 aliphatic rings. The van der Waals surface area contributed by atoms with Crippen molar-refractivity contribution in [1.29, 1.82) is 0 Å². The smallest absolute Gasteiger partial charge is 0.236 e. The SMILES string of the molecule is FC(F)c1cc(C(F)(F)F)nc(I)c1Br. The Morgan fingerprint density at radius 1 is 1.33 bits per heavy atom. The van der Waals surface area contributed by atoms with E-state index in [0.717, 1.165) is 0 Å². The zero-order valence-electron chi connectivity index (χ0n) is 6.75. The number of hydrogen-bond acceptors (Lipinski definition) is 1. The highest BCUT2D eigenvalue weighted by Gasteiger charge is 2.34. The molecule has 15 heavy (non-hydrogen) atoms. The molecule has 0 bridgehead atoms. The summed E-state index contributed by atoms with van der Waals surface area (Å²) in [4.78, 5) is 3.17. The molecule has 0 fully saturated rings. The van der Waals surface area contributed by atoms with Gasteiger partial charge >= 0.3 is 6.18 Å². The molecule has 0 aromatic carbocycles. The summed E-state index contributed by atoms with van der Waals surface area (Å²) in [7, 11) is 0. The van der Waals surface area contributed by atoms with Gasteiger partial charge in [0.05, 0.1) is 4.47 Å². The second kappa shape index (κ2) is 4.48. The molecule has 0 N–H and O–H groups in total. The third-order valence-corrected chi connectivity index (χ3v) is 3.83. The van der Waals surface area contributed by atoms with Crippen LogP contribution in [0.2, 0.25) is 0 Å². The molecule has 0 saturated heterocycles. The highest BCUT2D eigenvalue weighted by molar-refractivity contribution is 14.1. The largest absolute Gasteiger partial charge is 0.433 e. The number of pyridine rings is 1. The van der Waals surface area contributed by atoms with Crippen LogP contribution in [0.5, 0.6) is 0 Å². The van der Waals surface area contributed by atoms with E-state index in [1.165, 1.54) is 22.6 Å². The third-order valence-electron chi connectivity index (χ3n) is 1.47. The predicted octanol–water partition coefficient (Wildman–Crippen LogP) is 4.41. The van der Waals surface area contributed by atoms with E-state index in [1.54, 1.807) is 0 Å². The normalized spacial score (nSPS) is 12.3. The third kappa shape index (κ3) is 2.99. The van der Waals surface area contributed by atoms with E-state index < -0.39 is 23.9 Å². The molecule has 1 nitrogen and oxygen atoms in total. The Labute approximate surface area is 103 Å². The van der Waals surface area contributed by atoms with Crippen molar-refractivity contribution in [3.05, 3.63) is 25.5 Å². The van der Waals surface area contributed by atoms with Crippen LogP contribution in [0.15, 0.2) is 10.5 Å². The molecule has 1 aromatic heterocycles. The number of alkyl halides is 5. The minimum atomic E-state index is -4.72. The molecule has 0 aliphatic heterocycles. The highest BCUT2D eigenvalue weighted by atomic mass is 127. The fourth-order valence-electron chi connectivity index (χ4n) is 0.821. The van der Waals surface area contributed by atoms with Gasteiger partial charge in [0.15, 0.2) is 0 Å². The van der Waals surface area contributed by atoms with Crippen LogP contribution in [0.1, 0.15) is 17.7 Å². The first-order chi connectivity index (χ1) is 6.73. The molecule has 84 valence electrons. The molecule has 1 heterocycles. The van der Waals surface area contributed by atoms with Crippen molar-refractivity contribution < 1.29 is 22.0 Å². The molecule has 0 radical (unpaired) electrons. The first kappa shape index (κ1) is 13.1. The van der Waals surface area contributed by atoms with Crippen molar-refractivity contribution in [2.45, 2.75) is 12.6 Å². The fourth-order valence-corrected chi connectivity index (χ4v) is 1.77. The Balaban J connectivity index is 3.36. The summed E-state index contributed by atoms with van der Waals surface area (Å²) in [5.74, 6) is 0. The number of halogens is 7. The van der Waals surface area contributed by atoms with E-state index >= 15 is 0 Å². The maximum atomic E-state index is 12.3. The molecular weight excluding hydrogens is 400 g/mol. The van der Waals surface area contributed by atoms with Gasteiger partial charge in [0.1, 0.15) is 9.39 Å². The first-order valence-corrected chi connectivity index (χ1v) is 5.32. The number of nitrogens with zero attached hydrogens (tertiary/aromatic N) is 1. The first-order valence-electron chi connectivity index (χ1n) is 3.44. The lowest BCUT2D eigenvalue weighted by Crippen LogP contribution is -2.10. The van der Waals surface area contributed by atoms with Crippen LogP contribution in [-0.2, 0) is 6.18 Å². The van der Waals surface area contributed by atoms with E-state index in [-0.39, 0.29) is 8.17 Å². The van der Waals surface area contributed by atoms with Crippen molar-refractivity contribution in [2.75, 3.05) is 0 Å². The van der Waals surface area contributed by atoms with Gasteiger partial charge in [0, 0.05) is 5.56 Å². The van der Waals surface area contributed by atoms with Crippen LogP contribution >= 0.6 is 38.5 Å². The summed E-state index contributed by atoms with van der Waals surface area (Å²) in [6.45, 7) is 0. The number of rotatable bonds is 1. The summed E-state index contributed by atoms with van der Waals surface area (Å²) in [5, 5.41) is 0. The van der Waals surface area contributed by atoms with Gasteiger partial charge in [-0.2, -0.15) is 13.2 Å². The van der Waals surface area contributed by atoms with Crippen LogP contribution in [0.4, 0.5) is 22.0 Å². The summed E-state index contributed by atoms with van der Waals surface area (Å²) >= 11 is 4.22. The van der Waals surface area contributed by atoms with Crippen molar-refractivity contribution >= 4 is 38.5 Å². The fraction of sp³-hybridized carbons (Fsp3) is 0.286. The second-order valence-electron chi connectivity index (χ2n) is 2.50. The van der Waals surface area contributed by atoms with E-state index in [9.17, 15) is 22.0 Å². The Bertz CT molecular complexity index is 378. The summed E-state index contributed by atoms with van der Waals surface area (Å²) < 4.78 is 61.1. The van der Waals surface area contributed by atoms with E-state index in [4.69, 9.17) is 0 Å². The van der Waals surface area contributed by atoms with Crippen LogP contribution in [0.3, 0.4) is 0 Å². The summed E-state index contributed by atoms with van der Waals surface area (Å²) in [5.41, 5.74) is -2.02. The maximum Gasteiger partial charge on any atom is 0.433 e. The highest BCUT2D eigenvalue weighted by Crippen LogP contribution is 2.35. The monoisotopic (exact) mass is 401 g/mol. The van der Waals surface area contributed by atoms with Crippen LogP contribution in [-0.4, -0.2) is 4.98 Å². The van der Waals surface area contributed by atoms with Gasteiger partial charge in [0.25, 0.3) is 6.43 Å². The minimum absolute atomic E-state index is 0.105. The average Bonchev–Trinajstić information content (AvgIpc) is 2.06. The molecule has 0 amide bonds. The van der Waals surface area contributed by atoms with Gasteiger partial charge in [-0.25, -0.2) is 13.8 Å². The molecular formula is C7H2BrF5IN. The molecule has 1 rings (SSSR count). The lowest BCUT2D eigenvalue weighted by Gasteiger charge is -2.10. The van der Waals surface area contributed by atoms with E-state index in [1.807, 2.05) is 0 Å². The van der Waals surface area contributed by atoms with Gasteiger partial charge in [-0.3, -0.25) is 0 Å². The zero-order chi connectivity index (χ0) is 11.8. The van der Waals surface area contributed by atoms with E-state index in [2.05, 4.69) is 20.9 Å². The molecule has 8 heteroatoms. The predicted molar refractivity (Wildman–Crippen MR) is 54.6 cm³/mol. The van der Waals surface area contributed by atoms with Crippen LogP contribution in [0, 0.1) is 3.70 Å². The Morgan fingerprint density at radius 3 is 2.27 bits per heavy atom. The molecule has 0 saturated carbocycles. The van der Waals surface area contributed by atoms with Gasteiger partial charge in [-0.15, -0.1) is 0 Å². The second-order valence-corrected chi connectivity index (χ2v) is 4.31. The average molecular weight is 402 g/mol. The summed E-state index contributed by atoms with van der Waals surface area (Å²) in [6, 6.07) is 0.344. The van der Waals surface area contributed by atoms with Crippen molar-refractivity contribution in [3.63, 3.8) is 0 Å². The van der Waals surface area contributed by atoms with Crippen LogP contribution < -0.4 is 0 Å². The van der Waals surface area contributed by atoms with Crippen molar-refractivity contribution in [3.8, 4) is 0 Å². The molecule has 0 unspecified atom stereocenters.